The summed E-state index contributed by atoms with van der Waals surface area (Å²) in [6.07, 6.45) is 11.6. The largest absolute Gasteiger partial charge is 0.378 e. The molecule has 134 valence electrons. The van der Waals surface area contributed by atoms with Crippen LogP contribution >= 0.6 is 11.6 Å². The van der Waals surface area contributed by atoms with Gasteiger partial charge in [0.05, 0.1) is 11.5 Å². The minimum absolute atomic E-state index is 0.283. The minimum atomic E-state index is -0.988. The molecule has 0 spiro atoms. The molecule has 0 heterocycles. The highest BCUT2D eigenvalue weighted by Crippen LogP contribution is 2.46. The van der Waals surface area contributed by atoms with E-state index in [2.05, 4.69) is 6.92 Å². The summed E-state index contributed by atoms with van der Waals surface area (Å²) in [4.78, 5) is 0. The average Bonchev–Trinajstić information content (AvgIpc) is 2.58. The number of hydrogen-bond acceptors (Lipinski definition) is 1. The lowest BCUT2D eigenvalue weighted by Crippen LogP contribution is -2.45. The number of halogens is 2. The average molecular weight is 345 g/mol. The van der Waals surface area contributed by atoms with Crippen LogP contribution in [-0.4, -0.2) is 24.8 Å². The molecule has 0 aromatic heterocycles. The SMILES string of the molecule is COC1CCC(C2CCC(C3CCC(C)CC3)CC2)C(Cl)C1F. The predicted molar refractivity (Wildman–Crippen MR) is 94.6 cm³/mol. The van der Waals surface area contributed by atoms with E-state index in [4.69, 9.17) is 16.3 Å². The van der Waals surface area contributed by atoms with E-state index in [1.807, 2.05) is 0 Å². The van der Waals surface area contributed by atoms with Gasteiger partial charge in [-0.3, -0.25) is 0 Å². The van der Waals surface area contributed by atoms with Crippen LogP contribution in [-0.2, 0) is 4.74 Å². The zero-order valence-corrected chi connectivity index (χ0v) is 15.6. The second-order valence-electron chi connectivity index (χ2n) is 8.60. The van der Waals surface area contributed by atoms with Crippen molar-refractivity contribution < 1.29 is 9.13 Å². The third-order valence-electron chi connectivity index (χ3n) is 7.30. The van der Waals surface area contributed by atoms with Crippen LogP contribution in [0.3, 0.4) is 0 Å². The maximum absolute atomic E-state index is 14.4. The fourth-order valence-electron chi connectivity index (χ4n) is 5.66. The molecule has 3 heteroatoms. The van der Waals surface area contributed by atoms with Crippen LogP contribution in [0, 0.1) is 29.6 Å². The number of hydrogen-bond donors (Lipinski definition) is 0. The molecule has 0 N–H and O–H groups in total. The fourth-order valence-corrected chi connectivity index (χ4v) is 6.16. The van der Waals surface area contributed by atoms with Gasteiger partial charge in [-0.1, -0.05) is 19.8 Å². The van der Waals surface area contributed by atoms with Crippen molar-refractivity contribution in [1.82, 2.24) is 0 Å². The second-order valence-corrected chi connectivity index (χ2v) is 9.10. The third kappa shape index (κ3) is 4.06. The molecule has 3 fully saturated rings. The molecule has 0 radical (unpaired) electrons. The first-order valence-corrected chi connectivity index (χ1v) is 10.3. The highest BCUT2D eigenvalue weighted by Gasteiger charge is 2.43. The van der Waals surface area contributed by atoms with Crippen LogP contribution in [0.5, 0.6) is 0 Å². The zero-order chi connectivity index (χ0) is 16.4. The monoisotopic (exact) mass is 344 g/mol. The Bertz CT molecular complexity index is 361. The first-order valence-electron chi connectivity index (χ1n) is 9.91. The van der Waals surface area contributed by atoms with Gasteiger partial charge in [-0.2, -0.15) is 0 Å². The Morgan fingerprint density at radius 2 is 1.30 bits per heavy atom. The molecule has 23 heavy (non-hydrogen) atoms. The summed E-state index contributed by atoms with van der Waals surface area (Å²) in [6, 6.07) is 0. The van der Waals surface area contributed by atoms with E-state index in [9.17, 15) is 4.39 Å². The molecule has 0 saturated heterocycles. The standard InChI is InChI=1S/C20H34ClFO/c1-13-3-5-14(6-4-13)15-7-9-16(10-8-15)17-11-12-18(23-2)20(22)19(17)21/h13-20H,3-12H2,1-2H3. The highest BCUT2D eigenvalue weighted by atomic mass is 35.5. The van der Waals surface area contributed by atoms with Crippen molar-refractivity contribution in [1.29, 1.82) is 0 Å². The lowest BCUT2D eigenvalue weighted by molar-refractivity contribution is -0.0206. The van der Waals surface area contributed by atoms with Crippen molar-refractivity contribution in [3.8, 4) is 0 Å². The van der Waals surface area contributed by atoms with Gasteiger partial charge in [0.25, 0.3) is 0 Å². The Morgan fingerprint density at radius 3 is 1.87 bits per heavy atom. The van der Waals surface area contributed by atoms with Crippen LogP contribution in [0.4, 0.5) is 4.39 Å². The molecule has 4 atom stereocenters. The Labute approximate surface area is 146 Å². The van der Waals surface area contributed by atoms with Crippen molar-refractivity contribution >= 4 is 11.6 Å². The van der Waals surface area contributed by atoms with Crippen molar-refractivity contribution in [3.05, 3.63) is 0 Å². The van der Waals surface area contributed by atoms with Gasteiger partial charge >= 0.3 is 0 Å². The van der Waals surface area contributed by atoms with Gasteiger partial charge < -0.3 is 4.74 Å². The summed E-state index contributed by atoms with van der Waals surface area (Å²) < 4.78 is 19.6. The van der Waals surface area contributed by atoms with Gasteiger partial charge in [0, 0.05) is 7.11 Å². The van der Waals surface area contributed by atoms with E-state index in [-0.39, 0.29) is 11.5 Å². The fraction of sp³-hybridized carbons (Fsp3) is 1.00. The predicted octanol–water partition coefficient (Wildman–Crippen LogP) is 5.99. The molecular weight excluding hydrogens is 311 g/mol. The van der Waals surface area contributed by atoms with E-state index < -0.39 is 6.17 Å². The van der Waals surface area contributed by atoms with E-state index >= 15 is 0 Å². The molecule has 0 aliphatic heterocycles. The summed E-state index contributed by atoms with van der Waals surface area (Å²) >= 11 is 6.49. The van der Waals surface area contributed by atoms with E-state index in [0.29, 0.717) is 11.8 Å². The van der Waals surface area contributed by atoms with Crippen LogP contribution < -0.4 is 0 Å². The maximum atomic E-state index is 14.4. The summed E-state index contributed by atoms with van der Waals surface area (Å²) in [5.74, 6) is 3.86. The van der Waals surface area contributed by atoms with Gasteiger partial charge in [-0.05, 0) is 81.0 Å². The second kappa shape index (κ2) is 8.04. The molecule has 3 aliphatic carbocycles. The van der Waals surface area contributed by atoms with Crippen LogP contribution in [0.15, 0.2) is 0 Å². The third-order valence-corrected chi connectivity index (χ3v) is 7.87. The zero-order valence-electron chi connectivity index (χ0n) is 14.9. The highest BCUT2D eigenvalue weighted by molar-refractivity contribution is 6.21. The normalized spacial score (nSPS) is 49.0. The Kier molecular flexibility index (Phi) is 6.29. The molecule has 3 aliphatic rings. The number of rotatable bonds is 3. The summed E-state index contributed by atoms with van der Waals surface area (Å²) in [6.45, 7) is 2.40. The molecule has 0 aromatic rings. The molecule has 0 aromatic carbocycles. The van der Waals surface area contributed by atoms with Gasteiger partial charge in [0.1, 0.15) is 6.17 Å². The number of alkyl halides is 2. The van der Waals surface area contributed by atoms with Crippen LogP contribution in [0.2, 0.25) is 0 Å². The van der Waals surface area contributed by atoms with Gasteiger partial charge in [-0.25, -0.2) is 4.39 Å². The lowest BCUT2D eigenvalue weighted by Gasteiger charge is -2.43. The summed E-state index contributed by atoms with van der Waals surface area (Å²) in [5.41, 5.74) is 0. The Hall–Kier alpha value is 0.180. The first-order chi connectivity index (χ1) is 11.1. The maximum Gasteiger partial charge on any atom is 0.143 e. The van der Waals surface area contributed by atoms with Crippen molar-refractivity contribution in [2.75, 3.05) is 7.11 Å². The van der Waals surface area contributed by atoms with Crippen molar-refractivity contribution in [2.24, 2.45) is 29.6 Å². The molecular formula is C20H34ClFO. The Morgan fingerprint density at radius 1 is 0.783 bits per heavy atom. The van der Waals surface area contributed by atoms with Gasteiger partial charge in [-0.15, -0.1) is 11.6 Å². The van der Waals surface area contributed by atoms with Gasteiger partial charge in [0.2, 0.25) is 0 Å². The molecule has 3 rings (SSSR count). The minimum Gasteiger partial charge on any atom is -0.378 e. The quantitative estimate of drug-likeness (QED) is 0.571. The van der Waals surface area contributed by atoms with Gasteiger partial charge in [0.15, 0.2) is 0 Å². The molecule has 0 bridgehead atoms. The van der Waals surface area contributed by atoms with E-state index in [1.165, 1.54) is 51.4 Å². The lowest BCUT2D eigenvalue weighted by atomic mass is 9.65. The molecule has 4 unspecified atom stereocenters. The van der Waals surface area contributed by atoms with E-state index in [0.717, 1.165) is 30.6 Å². The number of ether oxygens (including phenoxy) is 1. The number of methoxy groups -OCH3 is 1. The van der Waals surface area contributed by atoms with Crippen LogP contribution in [0.25, 0.3) is 0 Å². The summed E-state index contributed by atoms with van der Waals surface area (Å²) in [5, 5.41) is -0.342. The molecule has 3 saturated carbocycles. The van der Waals surface area contributed by atoms with E-state index in [1.54, 1.807) is 7.11 Å². The first kappa shape index (κ1) is 18.0. The molecule has 0 amide bonds. The topological polar surface area (TPSA) is 9.23 Å². The van der Waals surface area contributed by atoms with Crippen molar-refractivity contribution in [3.63, 3.8) is 0 Å². The van der Waals surface area contributed by atoms with Crippen molar-refractivity contribution in [2.45, 2.75) is 88.8 Å². The Balaban J connectivity index is 1.49. The summed E-state index contributed by atoms with van der Waals surface area (Å²) in [7, 11) is 1.61. The molecule has 1 nitrogen and oxygen atoms in total. The smallest absolute Gasteiger partial charge is 0.143 e. The van der Waals surface area contributed by atoms with Crippen LogP contribution in [0.1, 0.15) is 71.1 Å².